The van der Waals surface area contributed by atoms with Crippen LogP contribution in [0.5, 0.6) is 0 Å². The number of hydrogen-bond donors (Lipinski definition) is 0. The Labute approximate surface area is 100.0 Å². The fraction of sp³-hybridized carbons (Fsp3) is 0.167. The van der Waals surface area contributed by atoms with Crippen molar-refractivity contribution in [3.05, 3.63) is 42.0 Å². The third-order valence-electron chi connectivity index (χ3n) is 2.68. The molecule has 0 aliphatic heterocycles. The highest BCUT2D eigenvalue weighted by molar-refractivity contribution is 6.65. The lowest BCUT2D eigenvalue weighted by Crippen LogP contribution is -2.53. The Kier molecular flexibility index (Phi) is 2.96. The Bertz CT molecular complexity index is 579. The fourth-order valence-electron chi connectivity index (χ4n) is 1.72. The van der Waals surface area contributed by atoms with Gasteiger partial charge in [0.1, 0.15) is 18.2 Å². The SMILES string of the molecule is Cn1cc[n+](C)c1[B-]c1cccc(F)c1C#N. The molecular formula is C12H11BFN3. The molecule has 0 unspecified atom stereocenters. The van der Waals surface area contributed by atoms with E-state index in [0.717, 1.165) is 5.72 Å². The van der Waals surface area contributed by atoms with E-state index in [1.54, 1.807) is 19.4 Å². The predicted molar refractivity (Wildman–Crippen MR) is 62.7 cm³/mol. The number of nitriles is 1. The average molecular weight is 227 g/mol. The summed E-state index contributed by atoms with van der Waals surface area (Å²) in [6.45, 7) is 0. The summed E-state index contributed by atoms with van der Waals surface area (Å²) in [7, 11) is 5.59. The minimum atomic E-state index is -0.488. The molecular weight excluding hydrogens is 216 g/mol. The molecule has 0 amide bonds. The summed E-state index contributed by atoms with van der Waals surface area (Å²) in [5.41, 5.74) is 1.56. The van der Waals surface area contributed by atoms with Crippen LogP contribution in [-0.2, 0) is 14.1 Å². The maximum atomic E-state index is 13.4. The first-order chi connectivity index (χ1) is 8.13. The summed E-state index contributed by atoms with van der Waals surface area (Å²) in [4.78, 5) is 0. The summed E-state index contributed by atoms with van der Waals surface area (Å²) in [5.74, 6) is -0.488. The van der Waals surface area contributed by atoms with Crippen LogP contribution in [0.15, 0.2) is 30.6 Å². The molecule has 1 aromatic heterocycles. The first kappa shape index (κ1) is 11.4. The number of halogens is 1. The van der Waals surface area contributed by atoms with Crippen LogP contribution < -0.4 is 15.8 Å². The van der Waals surface area contributed by atoms with E-state index >= 15 is 0 Å². The van der Waals surface area contributed by atoms with Gasteiger partial charge in [-0.3, -0.25) is 9.13 Å². The lowest BCUT2D eigenvalue weighted by molar-refractivity contribution is -0.652. The average Bonchev–Trinajstić information content (AvgIpc) is 2.61. The van der Waals surface area contributed by atoms with E-state index < -0.39 is 5.82 Å². The first-order valence-corrected chi connectivity index (χ1v) is 5.18. The standard InChI is InChI=1S/C12H11BFN3/c1-16-6-7-17(2)12(16)13-10-4-3-5-11(14)9(10)8-15/h3-7H,1-2H3. The van der Waals surface area contributed by atoms with Gasteiger partial charge in [0.15, 0.2) is 0 Å². The third-order valence-corrected chi connectivity index (χ3v) is 2.68. The van der Waals surface area contributed by atoms with Crippen LogP contribution >= 0.6 is 0 Å². The molecule has 1 aromatic carbocycles. The third kappa shape index (κ3) is 2.07. The molecule has 2 radical (unpaired) electrons. The van der Waals surface area contributed by atoms with Crippen LogP contribution in [0, 0.1) is 17.1 Å². The van der Waals surface area contributed by atoms with E-state index in [1.807, 2.05) is 41.7 Å². The van der Waals surface area contributed by atoms with Crippen molar-refractivity contribution in [2.75, 3.05) is 0 Å². The van der Waals surface area contributed by atoms with Crippen molar-refractivity contribution in [2.24, 2.45) is 14.1 Å². The molecule has 1 heterocycles. The Morgan fingerprint density at radius 1 is 1.47 bits per heavy atom. The number of aryl methyl sites for hydroxylation is 2. The Morgan fingerprint density at radius 3 is 2.82 bits per heavy atom. The smallest absolute Gasteiger partial charge is 0.137 e. The topological polar surface area (TPSA) is 32.6 Å². The molecule has 2 aromatic rings. The molecule has 0 N–H and O–H groups in total. The predicted octanol–water partition coefficient (Wildman–Crippen LogP) is -0.485. The van der Waals surface area contributed by atoms with Crippen molar-refractivity contribution >= 4 is 18.5 Å². The van der Waals surface area contributed by atoms with Crippen LogP contribution in [-0.4, -0.2) is 11.8 Å². The molecule has 84 valence electrons. The Morgan fingerprint density at radius 2 is 2.24 bits per heavy atom. The van der Waals surface area contributed by atoms with Crippen LogP contribution in [0.3, 0.4) is 0 Å². The van der Waals surface area contributed by atoms with Gasteiger partial charge in [-0.05, 0) is 6.07 Å². The second kappa shape index (κ2) is 4.42. The molecule has 0 saturated carbocycles. The zero-order valence-electron chi connectivity index (χ0n) is 9.68. The van der Waals surface area contributed by atoms with Gasteiger partial charge in [0, 0.05) is 11.3 Å². The van der Waals surface area contributed by atoms with E-state index in [2.05, 4.69) is 0 Å². The molecule has 0 fully saturated rings. The monoisotopic (exact) mass is 227 g/mol. The van der Waals surface area contributed by atoms with Crippen molar-refractivity contribution < 1.29 is 8.96 Å². The quantitative estimate of drug-likeness (QED) is 0.503. The van der Waals surface area contributed by atoms with Crippen molar-refractivity contribution in [1.29, 1.82) is 5.26 Å². The van der Waals surface area contributed by atoms with Crippen LogP contribution in [0.1, 0.15) is 5.56 Å². The highest BCUT2D eigenvalue weighted by Gasteiger charge is 2.04. The number of benzene rings is 1. The minimum absolute atomic E-state index is 0.0775. The van der Waals surface area contributed by atoms with Crippen LogP contribution in [0.2, 0.25) is 0 Å². The van der Waals surface area contributed by atoms with Gasteiger partial charge in [0.25, 0.3) is 0 Å². The van der Waals surface area contributed by atoms with Crippen molar-refractivity contribution in [2.45, 2.75) is 0 Å². The number of aromatic nitrogens is 2. The van der Waals surface area contributed by atoms with E-state index in [-0.39, 0.29) is 5.56 Å². The van der Waals surface area contributed by atoms with Crippen molar-refractivity contribution in [3.8, 4) is 6.07 Å². The van der Waals surface area contributed by atoms with E-state index in [1.165, 1.54) is 6.07 Å². The zero-order chi connectivity index (χ0) is 12.4. The molecule has 5 heteroatoms. The normalized spacial score (nSPS) is 10.2. The molecule has 0 spiro atoms. The summed E-state index contributed by atoms with van der Waals surface area (Å²) in [6.07, 6.45) is 3.80. The molecule has 0 aliphatic carbocycles. The Balaban J connectivity index is 2.44. The molecule has 0 bridgehead atoms. The highest BCUT2D eigenvalue weighted by Crippen LogP contribution is 2.01. The summed E-state index contributed by atoms with van der Waals surface area (Å²) in [6, 6.07) is 6.52. The van der Waals surface area contributed by atoms with Crippen LogP contribution in [0.25, 0.3) is 0 Å². The first-order valence-electron chi connectivity index (χ1n) is 5.18. The summed E-state index contributed by atoms with van der Waals surface area (Å²) < 4.78 is 17.2. The number of rotatable bonds is 2. The van der Waals surface area contributed by atoms with Gasteiger partial charge in [0.05, 0.1) is 20.2 Å². The molecule has 17 heavy (non-hydrogen) atoms. The van der Waals surface area contributed by atoms with Gasteiger partial charge in [0.2, 0.25) is 0 Å². The molecule has 3 nitrogen and oxygen atoms in total. The van der Waals surface area contributed by atoms with Gasteiger partial charge in [-0.25, -0.2) is 9.85 Å². The summed E-state index contributed by atoms with van der Waals surface area (Å²) >= 11 is 0. The molecule has 2 rings (SSSR count). The van der Waals surface area contributed by atoms with Gasteiger partial charge in [-0.1, -0.05) is 6.07 Å². The maximum absolute atomic E-state index is 13.4. The summed E-state index contributed by atoms with van der Waals surface area (Å²) in [5, 5.41) is 8.94. The second-order valence-electron chi connectivity index (χ2n) is 3.84. The van der Waals surface area contributed by atoms with E-state index in [4.69, 9.17) is 5.26 Å². The van der Waals surface area contributed by atoms with Gasteiger partial charge in [-0.15, -0.1) is 13.3 Å². The largest absolute Gasteiger partial charge is 0.280 e. The van der Waals surface area contributed by atoms with E-state index in [9.17, 15) is 4.39 Å². The lowest BCUT2D eigenvalue weighted by Gasteiger charge is -2.16. The molecule has 0 saturated heterocycles. The second-order valence-corrected chi connectivity index (χ2v) is 3.84. The number of hydrogen-bond acceptors (Lipinski definition) is 1. The van der Waals surface area contributed by atoms with E-state index in [0.29, 0.717) is 5.46 Å². The number of imidazole rings is 1. The minimum Gasteiger partial charge on any atom is -0.280 e. The maximum Gasteiger partial charge on any atom is 0.137 e. The van der Waals surface area contributed by atoms with Gasteiger partial charge >= 0.3 is 0 Å². The molecule has 0 atom stereocenters. The highest BCUT2D eigenvalue weighted by atomic mass is 19.1. The zero-order valence-corrected chi connectivity index (χ0v) is 9.68. The van der Waals surface area contributed by atoms with Crippen LogP contribution in [0.4, 0.5) is 4.39 Å². The molecule has 0 aliphatic rings. The van der Waals surface area contributed by atoms with Gasteiger partial charge in [-0.2, -0.15) is 5.26 Å². The van der Waals surface area contributed by atoms with Crippen molar-refractivity contribution in [1.82, 2.24) is 4.57 Å². The van der Waals surface area contributed by atoms with Gasteiger partial charge < -0.3 is 0 Å². The van der Waals surface area contributed by atoms with Crippen molar-refractivity contribution in [3.63, 3.8) is 0 Å². The Hall–Kier alpha value is -2.09. The fourth-order valence-corrected chi connectivity index (χ4v) is 1.72. The number of nitrogens with zero attached hydrogens (tertiary/aromatic N) is 3. The lowest BCUT2D eigenvalue weighted by atomic mass is 9.67.